The van der Waals surface area contributed by atoms with Gasteiger partial charge in [0.25, 0.3) is 11.9 Å². The number of hydrogen-bond acceptors (Lipinski definition) is 9. The Morgan fingerprint density at radius 2 is 1.88 bits per heavy atom. The van der Waals surface area contributed by atoms with E-state index < -0.39 is 17.6 Å². The van der Waals surface area contributed by atoms with Crippen molar-refractivity contribution >= 4 is 28.9 Å². The maximum atomic E-state index is 13.3. The molecule has 0 spiro atoms. The molecule has 0 saturated carbocycles. The molecule has 1 aromatic heterocycles. The number of rotatable bonds is 8. The molecule has 2 saturated heterocycles. The number of carbonyl (C=O) groups excluding carboxylic acids is 3. The fraction of sp³-hybridized carbons (Fsp3) is 0.484. The first-order valence-electron chi connectivity index (χ1n) is 14.3. The Morgan fingerprint density at radius 1 is 1.12 bits per heavy atom. The van der Waals surface area contributed by atoms with Gasteiger partial charge in [-0.15, -0.1) is 0 Å². The molecular weight excluding hydrogens is 556 g/mol. The number of imide groups is 1. The van der Waals surface area contributed by atoms with Crippen molar-refractivity contribution in [2.45, 2.75) is 58.0 Å². The van der Waals surface area contributed by atoms with Gasteiger partial charge < -0.3 is 28.6 Å². The van der Waals surface area contributed by atoms with E-state index in [4.69, 9.17) is 23.7 Å². The molecule has 3 heterocycles. The molecule has 5 rings (SSSR count). The number of imidazole rings is 1. The van der Waals surface area contributed by atoms with Crippen LogP contribution in [0.1, 0.15) is 39.2 Å². The van der Waals surface area contributed by atoms with Crippen molar-refractivity contribution in [1.82, 2.24) is 19.4 Å². The number of likely N-dealkylation sites (tertiary alicyclic amines) is 1. The first kappa shape index (κ1) is 30.1. The number of aryl methyl sites for hydroxylation is 1. The highest BCUT2D eigenvalue weighted by Crippen LogP contribution is 2.31. The first-order valence-corrected chi connectivity index (χ1v) is 14.3. The summed E-state index contributed by atoms with van der Waals surface area (Å²) in [5.74, 6) is 0.614. The molecule has 0 radical (unpaired) electrons. The Kier molecular flexibility index (Phi) is 8.77. The van der Waals surface area contributed by atoms with Gasteiger partial charge in [-0.25, -0.2) is 4.79 Å². The van der Waals surface area contributed by atoms with E-state index in [0.29, 0.717) is 42.2 Å². The molecule has 2 aromatic carbocycles. The second-order valence-corrected chi connectivity index (χ2v) is 11.6. The number of morpholine rings is 1. The van der Waals surface area contributed by atoms with Gasteiger partial charge in [0.05, 0.1) is 32.3 Å². The molecule has 2 aliphatic heterocycles. The van der Waals surface area contributed by atoms with Crippen molar-refractivity contribution in [2.24, 2.45) is 7.05 Å². The number of amides is 3. The van der Waals surface area contributed by atoms with E-state index in [2.05, 4.69) is 4.98 Å². The lowest BCUT2D eigenvalue weighted by molar-refractivity contribution is -0.155. The number of ether oxygens (including phenoxy) is 5. The highest BCUT2D eigenvalue weighted by Gasteiger charge is 2.37. The Balaban J connectivity index is 1.25. The molecule has 12 heteroatoms. The van der Waals surface area contributed by atoms with Crippen LogP contribution in [0.3, 0.4) is 0 Å². The third-order valence-corrected chi connectivity index (χ3v) is 7.24. The molecule has 230 valence electrons. The summed E-state index contributed by atoms with van der Waals surface area (Å²) in [6.07, 6.45) is -1.12. The number of hydrogen-bond donors (Lipinski definition) is 0. The van der Waals surface area contributed by atoms with Crippen LogP contribution in [0.15, 0.2) is 42.5 Å². The highest BCUT2D eigenvalue weighted by atomic mass is 16.6. The van der Waals surface area contributed by atoms with E-state index in [9.17, 15) is 14.4 Å². The molecule has 0 aliphatic carbocycles. The van der Waals surface area contributed by atoms with Crippen molar-refractivity contribution in [3.63, 3.8) is 0 Å². The van der Waals surface area contributed by atoms with E-state index in [-0.39, 0.29) is 50.1 Å². The van der Waals surface area contributed by atoms with Gasteiger partial charge in [-0.1, -0.05) is 18.2 Å². The van der Waals surface area contributed by atoms with Gasteiger partial charge in [0.1, 0.15) is 35.3 Å². The fourth-order valence-electron chi connectivity index (χ4n) is 5.05. The summed E-state index contributed by atoms with van der Waals surface area (Å²) >= 11 is 0. The molecule has 0 bridgehead atoms. The lowest BCUT2D eigenvalue weighted by atomic mass is 10.1. The lowest BCUT2D eigenvalue weighted by Crippen LogP contribution is -2.49. The summed E-state index contributed by atoms with van der Waals surface area (Å²) < 4.78 is 30.5. The number of nitrogens with zero attached hydrogens (tertiary/aromatic N) is 4. The molecule has 2 atom stereocenters. The molecule has 2 fully saturated rings. The van der Waals surface area contributed by atoms with Crippen LogP contribution >= 0.6 is 0 Å². The van der Waals surface area contributed by atoms with Gasteiger partial charge in [0, 0.05) is 26.4 Å². The predicted molar refractivity (Wildman–Crippen MR) is 156 cm³/mol. The van der Waals surface area contributed by atoms with Gasteiger partial charge in [0.2, 0.25) is 5.91 Å². The fourth-order valence-corrected chi connectivity index (χ4v) is 5.05. The van der Waals surface area contributed by atoms with Crippen LogP contribution < -0.4 is 14.2 Å². The van der Waals surface area contributed by atoms with E-state index in [1.165, 1.54) is 4.90 Å². The second-order valence-electron chi connectivity index (χ2n) is 11.6. The summed E-state index contributed by atoms with van der Waals surface area (Å²) in [5.41, 5.74) is 1.54. The standard InChI is InChI=1S/C31H38N4O8/c1-31(2,3)43-30(38)34-15-16-40-22(18-34)19-41-24-8-6-7-23-27(24)33(4)29(32-23)42-25-13-14-26(36)35(28(25)37)17-20-9-11-21(39-5)12-10-20/h6-12,22,25H,13-19H2,1-5H3. The Bertz CT molecular complexity index is 1480. The maximum absolute atomic E-state index is 13.3. The van der Waals surface area contributed by atoms with E-state index in [1.807, 2.05) is 51.1 Å². The van der Waals surface area contributed by atoms with Crippen LogP contribution in [-0.4, -0.2) is 88.5 Å². The predicted octanol–water partition coefficient (Wildman–Crippen LogP) is 3.69. The van der Waals surface area contributed by atoms with Gasteiger partial charge in [-0.3, -0.25) is 19.1 Å². The van der Waals surface area contributed by atoms with Crippen LogP contribution in [0.4, 0.5) is 4.79 Å². The normalized spacial score (nSPS) is 19.5. The minimum Gasteiger partial charge on any atom is -0.497 e. The SMILES string of the molecule is COc1ccc(CN2C(=O)CCC(Oc3nc4cccc(OCC5CN(C(=O)OC(C)(C)C)CCO5)c4n3C)C2=O)cc1. The molecule has 3 amide bonds. The van der Waals surface area contributed by atoms with Crippen LogP contribution in [0.2, 0.25) is 0 Å². The van der Waals surface area contributed by atoms with E-state index in [0.717, 1.165) is 5.56 Å². The third kappa shape index (κ3) is 7.02. The average molecular weight is 595 g/mol. The third-order valence-electron chi connectivity index (χ3n) is 7.24. The number of methoxy groups -OCH3 is 1. The Labute approximate surface area is 250 Å². The van der Waals surface area contributed by atoms with Crippen LogP contribution in [0.25, 0.3) is 11.0 Å². The summed E-state index contributed by atoms with van der Waals surface area (Å²) in [5, 5.41) is 0. The molecule has 0 N–H and O–H groups in total. The second kappa shape index (κ2) is 12.5. The van der Waals surface area contributed by atoms with Crippen molar-refractivity contribution in [2.75, 3.05) is 33.4 Å². The zero-order chi connectivity index (χ0) is 30.7. The lowest BCUT2D eigenvalue weighted by Gasteiger charge is -2.34. The smallest absolute Gasteiger partial charge is 0.410 e. The quantitative estimate of drug-likeness (QED) is 0.360. The molecule has 2 aliphatic rings. The Hall–Kier alpha value is -4.32. The van der Waals surface area contributed by atoms with Crippen molar-refractivity contribution in [3.05, 3.63) is 48.0 Å². The number of fused-ring (bicyclic) bond motifs is 1. The topological polar surface area (TPSA) is 122 Å². The zero-order valence-electron chi connectivity index (χ0n) is 25.2. The zero-order valence-corrected chi connectivity index (χ0v) is 25.2. The molecular formula is C31H38N4O8. The molecule has 12 nitrogen and oxygen atoms in total. The van der Waals surface area contributed by atoms with Gasteiger partial charge in [-0.05, 0) is 50.6 Å². The molecule has 43 heavy (non-hydrogen) atoms. The molecule has 2 unspecified atom stereocenters. The van der Waals surface area contributed by atoms with Crippen LogP contribution in [0.5, 0.6) is 17.5 Å². The number of para-hydroxylation sites is 1. The van der Waals surface area contributed by atoms with E-state index >= 15 is 0 Å². The minimum atomic E-state index is -0.856. The highest BCUT2D eigenvalue weighted by molar-refractivity contribution is 6.00. The minimum absolute atomic E-state index is 0.149. The first-order chi connectivity index (χ1) is 20.5. The van der Waals surface area contributed by atoms with Crippen LogP contribution in [-0.2, 0) is 32.7 Å². The van der Waals surface area contributed by atoms with Gasteiger partial charge in [0.15, 0.2) is 6.10 Å². The average Bonchev–Trinajstić information content (AvgIpc) is 3.30. The number of aromatic nitrogens is 2. The summed E-state index contributed by atoms with van der Waals surface area (Å²) in [4.78, 5) is 46.0. The number of piperidine rings is 1. The Morgan fingerprint density at radius 3 is 2.60 bits per heavy atom. The molecule has 3 aromatic rings. The van der Waals surface area contributed by atoms with Crippen molar-refractivity contribution in [1.29, 1.82) is 0 Å². The largest absolute Gasteiger partial charge is 0.497 e. The summed E-state index contributed by atoms with van der Waals surface area (Å²) in [6, 6.07) is 13.0. The monoisotopic (exact) mass is 594 g/mol. The van der Waals surface area contributed by atoms with E-state index in [1.54, 1.807) is 35.8 Å². The van der Waals surface area contributed by atoms with Gasteiger partial charge in [-0.2, -0.15) is 4.98 Å². The van der Waals surface area contributed by atoms with Crippen molar-refractivity contribution in [3.8, 4) is 17.5 Å². The summed E-state index contributed by atoms with van der Waals surface area (Å²) in [7, 11) is 3.36. The van der Waals surface area contributed by atoms with Gasteiger partial charge >= 0.3 is 6.09 Å². The summed E-state index contributed by atoms with van der Waals surface area (Å²) in [6.45, 7) is 7.04. The number of benzene rings is 2. The number of carbonyl (C=O) groups is 3. The maximum Gasteiger partial charge on any atom is 0.410 e. The van der Waals surface area contributed by atoms with Crippen molar-refractivity contribution < 1.29 is 38.1 Å². The van der Waals surface area contributed by atoms with Crippen LogP contribution in [0, 0.1) is 0 Å².